The first kappa shape index (κ1) is 18.9. The van der Waals surface area contributed by atoms with Gasteiger partial charge in [0.05, 0.1) is 11.4 Å². The summed E-state index contributed by atoms with van der Waals surface area (Å²) < 4.78 is 29.5. The summed E-state index contributed by atoms with van der Waals surface area (Å²) in [7, 11) is -1.17. The van der Waals surface area contributed by atoms with Gasteiger partial charge in [-0.2, -0.15) is 0 Å². The number of rotatable bonds is 8. The SMILES string of the molecule is CCCNC(C1CCCC(S(C)(=O)=O)C1)C(OC)C(C)C. The lowest BCUT2D eigenvalue weighted by atomic mass is 9.79. The standard InChI is InChI=1S/C16H33NO3S/c1-6-10-17-15(16(20-4)12(2)3)13-8-7-9-14(11-13)21(5,18)19/h12-17H,6-11H2,1-5H3. The molecule has 4 nitrogen and oxygen atoms in total. The maximum absolute atomic E-state index is 11.9. The Morgan fingerprint density at radius 3 is 2.43 bits per heavy atom. The smallest absolute Gasteiger partial charge is 0.150 e. The van der Waals surface area contributed by atoms with E-state index >= 15 is 0 Å². The van der Waals surface area contributed by atoms with Crippen molar-refractivity contribution in [1.29, 1.82) is 0 Å². The van der Waals surface area contributed by atoms with Crippen LogP contribution < -0.4 is 5.32 Å². The number of hydrogen-bond acceptors (Lipinski definition) is 4. The second-order valence-corrected chi connectivity index (χ2v) is 9.13. The predicted octanol–water partition coefficient (Wildman–Crippen LogP) is 2.63. The lowest BCUT2D eigenvalue weighted by Crippen LogP contribution is -2.51. The van der Waals surface area contributed by atoms with Crippen LogP contribution in [0.25, 0.3) is 0 Å². The monoisotopic (exact) mass is 319 g/mol. The summed E-state index contributed by atoms with van der Waals surface area (Å²) in [5, 5.41) is 3.45. The average molecular weight is 320 g/mol. The zero-order valence-electron chi connectivity index (χ0n) is 14.3. The van der Waals surface area contributed by atoms with Gasteiger partial charge in [0.25, 0.3) is 0 Å². The van der Waals surface area contributed by atoms with Gasteiger partial charge in [0.1, 0.15) is 9.84 Å². The zero-order valence-corrected chi connectivity index (χ0v) is 15.1. The maximum Gasteiger partial charge on any atom is 0.150 e. The van der Waals surface area contributed by atoms with E-state index in [-0.39, 0.29) is 17.4 Å². The molecule has 1 saturated carbocycles. The molecule has 21 heavy (non-hydrogen) atoms. The van der Waals surface area contributed by atoms with Gasteiger partial charge in [0.2, 0.25) is 0 Å². The summed E-state index contributed by atoms with van der Waals surface area (Å²) in [6, 6.07) is 0.250. The lowest BCUT2D eigenvalue weighted by Gasteiger charge is -2.39. The number of nitrogens with one attached hydrogen (secondary N) is 1. The molecule has 126 valence electrons. The Kier molecular flexibility index (Phi) is 7.65. The molecule has 0 aromatic heterocycles. The highest BCUT2D eigenvalue weighted by atomic mass is 32.2. The third-order valence-corrected chi connectivity index (χ3v) is 6.33. The maximum atomic E-state index is 11.9. The Labute approximate surface area is 130 Å². The summed E-state index contributed by atoms with van der Waals surface area (Å²) in [5.74, 6) is 0.806. The molecule has 0 spiro atoms. The van der Waals surface area contributed by atoms with Gasteiger partial charge in [-0.05, 0) is 44.1 Å². The minimum atomic E-state index is -2.93. The van der Waals surface area contributed by atoms with Gasteiger partial charge in [0, 0.05) is 19.4 Å². The number of methoxy groups -OCH3 is 1. The molecule has 0 heterocycles. The summed E-state index contributed by atoms with van der Waals surface area (Å²) in [6.45, 7) is 7.45. The van der Waals surface area contributed by atoms with Crippen LogP contribution >= 0.6 is 0 Å². The molecule has 1 aliphatic carbocycles. The van der Waals surface area contributed by atoms with Crippen LogP contribution in [-0.4, -0.2) is 45.7 Å². The van der Waals surface area contributed by atoms with Crippen LogP contribution in [0.15, 0.2) is 0 Å². The Bertz CT molecular complexity index is 394. The van der Waals surface area contributed by atoms with E-state index in [0.29, 0.717) is 11.8 Å². The molecule has 0 aliphatic heterocycles. The van der Waals surface area contributed by atoms with Crippen molar-refractivity contribution < 1.29 is 13.2 Å². The van der Waals surface area contributed by atoms with Crippen molar-refractivity contribution in [1.82, 2.24) is 5.32 Å². The van der Waals surface area contributed by atoms with Crippen molar-refractivity contribution in [3.63, 3.8) is 0 Å². The first-order valence-electron chi connectivity index (χ1n) is 8.26. The van der Waals surface area contributed by atoms with Crippen LogP contribution in [0.2, 0.25) is 0 Å². The van der Waals surface area contributed by atoms with Gasteiger partial charge >= 0.3 is 0 Å². The second-order valence-electron chi connectivity index (χ2n) is 6.80. The van der Waals surface area contributed by atoms with Gasteiger partial charge < -0.3 is 10.1 Å². The summed E-state index contributed by atoms with van der Waals surface area (Å²) in [5.41, 5.74) is 0. The first-order valence-corrected chi connectivity index (χ1v) is 10.2. The molecule has 1 fully saturated rings. The van der Waals surface area contributed by atoms with Crippen LogP contribution in [0.5, 0.6) is 0 Å². The zero-order chi connectivity index (χ0) is 16.0. The van der Waals surface area contributed by atoms with E-state index in [4.69, 9.17) is 4.74 Å². The normalized spacial score (nSPS) is 26.8. The molecule has 0 bridgehead atoms. The predicted molar refractivity (Wildman–Crippen MR) is 88.3 cm³/mol. The highest BCUT2D eigenvalue weighted by Crippen LogP contribution is 2.33. The Hall–Kier alpha value is -0.130. The molecule has 0 amide bonds. The van der Waals surface area contributed by atoms with Crippen LogP contribution in [0.3, 0.4) is 0 Å². The first-order chi connectivity index (χ1) is 9.81. The third-order valence-electron chi connectivity index (χ3n) is 4.69. The van der Waals surface area contributed by atoms with Crippen molar-refractivity contribution in [3.8, 4) is 0 Å². The minimum Gasteiger partial charge on any atom is -0.380 e. The van der Waals surface area contributed by atoms with Crippen molar-refractivity contribution in [2.45, 2.75) is 70.3 Å². The Morgan fingerprint density at radius 1 is 1.29 bits per heavy atom. The van der Waals surface area contributed by atoms with Crippen LogP contribution in [0.1, 0.15) is 52.9 Å². The topological polar surface area (TPSA) is 55.4 Å². The van der Waals surface area contributed by atoms with Crippen molar-refractivity contribution in [2.24, 2.45) is 11.8 Å². The fourth-order valence-electron chi connectivity index (χ4n) is 3.59. The van der Waals surface area contributed by atoms with E-state index in [1.807, 2.05) is 0 Å². The Morgan fingerprint density at radius 2 is 1.95 bits per heavy atom. The van der Waals surface area contributed by atoms with Crippen LogP contribution in [0.4, 0.5) is 0 Å². The van der Waals surface area contributed by atoms with E-state index < -0.39 is 9.84 Å². The molecule has 0 saturated heterocycles. The summed E-state index contributed by atoms with van der Waals surface area (Å²) in [6.07, 6.45) is 6.28. The van der Waals surface area contributed by atoms with Crippen LogP contribution in [0, 0.1) is 11.8 Å². The van der Waals surface area contributed by atoms with E-state index in [0.717, 1.165) is 38.6 Å². The fourth-order valence-corrected chi connectivity index (χ4v) is 4.78. The Balaban J connectivity index is 2.86. The molecule has 1 rings (SSSR count). The van der Waals surface area contributed by atoms with Crippen molar-refractivity contribution >= 4 is 9.84 Å². The van der Waals surface area contributed by atoms with Crippen LogP contribution in [-0.2, 0) is 14.6 Å². The number of ether oxygens (including phenoxy) is 1. The van der Waals surface area contributed by atoms with E-state index in [1.54, 1.807) is 7.11 Å². The molecule has 0 aromatic rings. The average Bonchev–Trinajstić information content (AvgIpc) is 2.42. The quantitative estimate of drug-likeness (QED) is 0.747. The molecule has 1 aliphatic rings. The summed E-state index contributed by atoms with van der Waals surface area (Å²) >= 11 is 0. The van der Waals surface area contributed by atoms with E-state index in [1.165, 1.54) is 6.26 Å². The molecule has 4 unspecified atom stereocenters. The van der Waals surface area contributed by atoms with Gasteiger partial charge in [-0.1, -0.05) is 27.2 Å². The number of sulfone groups is 1. The number of hydrogen-bond donors (Lipinski definition) is 1. The van der Waals surface area contributed by atoms with Gasteiger partial charge in [-0.3, -0.25) is 0 Å². The molecule has 5 heteroatoms. The third kappa shape index (κ3) is 5.53. The largest absolute Gasteiger partial charge is 0.380 e. The molecular weight excluding hydrogens is 286 g/mol. The van der Waals surface area contributed by atoms with Gasteiger partial charge in [-0.15, -0.1) is 0 Å². The molecule has 0 aromatic carbocycles. The van der Waals surface area contributed by atoms with Crippen molar-refractivity contribution in [3.05, 3.63) is 0 Å². The van der Waals surface area contributed by atoms with Gasteiger partial charge in [-0.25, -0.2) is 8.42 Å². The van der Waals surface area contributed by atoms with Crippen molar-refractivity contribution in [2.75, 3.05) is 19.9 Å². The highest BCUT2D eigenvalue weighted by molar-refractivity contribution is 7.91. The molecule has 0 radical (unpaired) electrons. The van der Waals surface area contributed by atoms with E-state index in [9.17, 15) is 8.42 Å². The second kappa shape index (κ2) is 8.49. The lowest BCUT2D eigenvalue weighted by molar-refractivity contribution is 0.00875. The van der Waals surface area contributed by atoms with Gasteiger partial charge in [0.15, 0.2) is 0 Å². The molecular formula is C16H33NO3S. The highest BCUT2D eigenvalue weighted by Gasteiger charge is 2.37. The minimum absolute atomic E-state index is 0.139. The molecule has 4 atom stereocenters. The molecule has 1 N–H and O–H groups in total. The fraction of sp³-hybridized carbons (Fsp3) is 1.00. The van der Waals surface area contributed by atoms with E-state index in [2.05, 4.69) is 26.1 Å². The summed E-state index contributed by atoms with van der Waals surface area (Å²) in [4.78, 5) is 0.